The fraction of sp³-hybridized carbons (Fsp3) is 0.348. The van der Waals surface area contributed by atoms with Gasteiger partial charge in [0.25, 0.3) is 0 Å². The summed E-state index contributed by atoms with van der Waals surface area (Å²) >= 11 is 0. The Morgan fingerprint density at radius 3 is 2.37 bits per heavy atom. The van der Waals surface area contributed by atoms with Gasteiger partial charge in [-0.2, -0.15) is 0 Å². The van der Waals surface area contributed by atoms with Crippen molar-refractivity contribution in [1.29, 1.82) is 0 Å². The predicted octanol–water partition coefficient (Wildman–Crippen LogP) is 4.27. The van der Waals surface area contributed by atoms with E-state index < -0.39 is 5.97 Å². The molecule has 0 aliphatic carbocycles. The summed E-state index contributed by atoms with van der Waals surface area (Å²) in [5, 5.41) is 0. The second-order valence-electron chi connectivity index (χ2n) is 6.15. The van der Waals surface area contributed by atoms with Gasteiger partial charge in [-0.05, 0) is 37.6 Å². The quantitative estimate of drug-likeness (QED) is 0.234. The van der Waals surface area contributed by atoms with Crippen LogP contribution >= 0.6 is 0 Å². The molecule has 0 heterocycles. The number of hydrogen-bond acceptors (Lipinski definition) is 7. The second kappa shape index (κ2) is 11.7. The van der Waals surface area contributed by atoms with Crippen LogP contribution in [0.15, 0.2) is 36.4 Å². The molecule has 0 saturated carbocycles. The maximum absolute atomic E-state index is 11.5. The molecule has 7 nitrogen and oxygen atoms in total. The van der Waals surface area contributed by atoms with Crippen LogP contribution in [0.3, 0.4) is 0 Å². The van der Waals surface area contributed by atoms with Crippen molar-refractivity contribution in [3.63, 3.8) is 0 Å². The summed E-state index contributed by atoms with van der Waals surface area (Å²) in [5.74, 6) is 2.09. The Kier molecular flexibility index (Phi) is 9.03. The van der Waals surface area contributed by atoms with Crippen molar-refractivity contribution in [2.75, 3.05) is 34.7 Å². The third kappa shape index (κ3) is 6.15. The highest BCUT2D eigenvalue weighted by Crippen LogP contribution is 2.40. The minimum atomic E-state index is -0.452. The molecule has 0 aliphatic heterocycles. The molecule has 0 amide bonds. The van der Waals surface area contributed by atoms with Crippen LogP contribution in [0.25, 0.3) is 6.08 Å². The van der Waals surface area contributed by atoms with Crippen LogP contribution in [-0.4, -0.2) is 40.7 Å². The Bertz CT molecular complexity index is 874. The number of esters is 1. The summed E-state index contributed by atoms with van der Waals surface area (Å²) in [6, 6.07) is 9.16. The van der Waals surface area contributed by atoms with E-state index in [0.29, 0.717) is 30.3 Å². The molecular weight excluding hydrogens is 388 g/mol. The van der Waals surface area contributed by atoms with Gasteiger partial charge in [-0.15, -0.1) is 0 Å². The van der Waals surface area contributed by atoms with Gasteiger partial charge in [-0.1, -0.05) is 18.2 Å². The van der Waals surface area contributed by atoms with E-state index in [1.807, 2.05) is 43.3 Å². The molecule has 0 fully saturated rings. The van der Waals surface area contributed by atoms with Gasteiger partial charge in [-0.3, -0.25) is 4.79 Å². The molecule has 0 N–H and O–H groups in total. The number of benzene rings is 2. The van der Waals surface area contributed by atoms with Crippen LogP contribution in [0, 0.1) is 0 Å². The Hall–Kier alpha value is -3.19. The van der Waals surface area contributed by atoms with E-state index in [1.165, 1.54) is 21.1 Å². The van der Waals surface area contributed by atoms with Crippen LogP contribution in [0.5, 0.6) is 28.7 Å². The largest absolute Gasteiger partial charge is 0.497 e. The van der Waals surface area contributed by atoms with E-state index in [2.05, 4.69) is 0 Å². The normalized spacial score (nSPS) is 10.7. The van der Waals surface area contributed by atoms with E-state index in [1.54, 1.807) is 13.2 Å². The number of allylic oxidation sites excluding steroid dienone is 1. The molecule has 2 aromatic carbocycles. The first-order chi connectivity index (χ1) is 14.5. The minimum absolute atomic E-state index is 0.168. The highest BCUT2D eigenvalue weighted by Gasteiger charge is 2.17. The molecule has 2 aromatic rings. The van der Waals surface area contributed by atoms with Crippen LogP contribution in [-0.2, 0) is 16.0 Å². The van der Waals surface area contributed by atoms with Gasteiger partial charge in [0, 0.05) is 24.7 Å². The molecule has 0 aromatic heterocycles. The summed E-state index contributed by atoms with van der Waals surface area (Å²) in [7, 11) is 4.65. The van der Waals surface area contributed by atoms with Crippen molar-refractivity contribution in [2.45, 2.75) is 20.3 Å². The third-order valence-electron chi connectivity index (χ3n) is 4.18. The van der Waals surface area contributed by atoms with Crippen molar-refractivity contribution >= 4 is 12.0 Å². The molecular formula is C23H28O7. The lowest BCUT2D eigenvalue weighted by atomic mass is 10.1. The van der Waals surface area contributed by atoms with Gasteiger partial charge in [0.15, 0.2) is 18.3 Å². The molecule has 162 valence electrons. The van der Waals surface area contributed by atoms with E-state index in [0.717, 1.165) is 16.9 Å². The SMILES string of the molecule is CCOCOc1ccc(OC)cc1/C=C/Cc1ccc(OC)c(OC(C)=O)c1OC. The Balaban J connectivity index is 2.28. The maximum atomic E-state index is 11.5. The highest BCUT2D eigenvalue weighted by molar-refractivity contribution is 5.73. The van der Waals surface area contributed by atoms with Crippen LogP contribution in [0.2, 0.25) is 0 Å². The van der Waals surface area contributed by atoms with E-state index >= 15 is 0 Å². The van der Waals surface area contributed by atoms with Crippen LogP contribution in [0.4, 0.5) is 0 Å². The Labute approximate surface area is 177 Å². The number of carbonyl (C=O) groups is 1. The molecule has 2 rings (SSSR count). The number of rotatable bonds is 11. The second-order valence-corrected chi connectivity index (χ2v) is 6.15. The van der Waals surface area contributed by atoms with Crippen molar-refractivity contribution in [2.24, 2.45) is 0 Å². The van der Waals surface area contributed by atoms with E-state index in [9.17, 15) is 4.79 Å². The fourth-order valence-corrected chi connectivity index (χ4v) is 2.79. The van der Waals surface area contributed by atoms with Gasteiger partial charge in [-0.25, -0.2) is 0 Å². The zero-order chi connectivity index (χ0) is 21.9. The summed E-state index contributed by atoms with van der Waals surface area (Å²) in [6.07, 6.45) is 4.42. The molecule has 0 spiro atoms. The Morgan fingerprint density at radius 1 is 0.967 bits per heavy atom. The molecule has 0 atom stereocenters. The van der Waals surface area contributed by atoms with Crippen LogP contribution < -0.4 is 23.7 Å². The fourth-order valence-electron chi connectivity index (χ4n) is 2.79. The van der Waals surface area contributed by atoms with Gasteiger partial charge >= 0.3 is 5.97 Å². The summed E-state index contributed by atoms with van der Waals surface area (Å²) in [5.41, 5.74) is 1.69. The molecule has 30 heavy (non-hydrogen) atoms. The van der Waals surface area contributed by atoms with E-state index in [-0.39, 0.29) is 12.5 Å². The summed E-state index contributed by atoms with van der Waals surface area (Å²) in [4.78, 5) is 11.5. The highest BCUT2D eigenvalue weighted by atomic mass is 16.7. The molecule has 7 heteroatoms. The summed E-state index contributed by atoms with van der Waals surface area (Å²) in [6.45, 7) is 3.98. The van der Waals surface area contributed by atoms with Gasteiger partial charge < -0.3 is 28.4 Å². The molecule has 0 radical (unpaired) electrons. The first-order valence-corrected chi connectivity index (χ1v) is 9.51. The van der Waals surface area contributed by atoms with Gasteiger partial charge in [0.05, 0.1) is 21.3 Å². The lowest BCUT2D eigenvalue weighted by Crippen LogP contribution is -2.06. The molecule has 0 bridgehead atoms. The molecule has 0 unspecified atom stereocenters. The van der Waals surface area contributed by atoms with Crippen molar-refractivity contribution in [1.82, 2.24) is 0 Å². The first kappa shape index (κ1) is 23.1. The topological polar surface area (TPSA) is 72.5 Å². The molecule has 0 saturated heterocycles. The average Bonchev–Trinajstić information content (AvgIpc) is 2.74. The van der Waals surface area contributed by atoms with Crippen molar-refractivity contribution in [3.05, 3.63) is 47.5 Å². The lowest BCUT2D eigenvalue weighted by molar-refractivity contribution is -0.132. The predicted molar refractivity (Wildman–Crippen MR) is 114 cm³/mol. The number of methoxy groups -OCH3 is 3. The third-order valence-corrected chi connectivity index (χ3v) is 4.18. The minimum Gasteiger partial charge on any atom is -0.497 e. The average molecular weight is 416 g/mol. The van der Waals surface area contributed by atoms with Gasteiger partial charge in [0.2, 0.25) is 5.75 Å². The first-order valence-electron chi connectivity index (χ1n) is 9.51. The Morgan fingerprint density at radius 2 is 1.73 bits per heavy atom. The van der Waals surface area contributed by atoms with Crippen molar-refractivity contribution < 1.29 is 33.2 Å². The van der Waals surface area contributed by atoms with Crippen LogP contribution in [0.1, 0.15) is 25.0 Å². The monoisotopic (exact) mass is 416 g/mol. The van der Waals surface area contributed by atoms with Crippen molar-refractivity contribution in [3.8, 4) is 28.7 Å². The van der Waals surface area contributed by atoms with E-state index in [4.69, 9.17) is 28.4 Å². The standard InChI is InChI=1S/C23H28O7/c1-6-28-15-29-20-13-11-19(25-3)14-18(20)9-7-8-17-10-12-21(26-4)23(22(17)27-5)30-16(2)24/h7,9-14H,6,8,15H2,1-5H3/b9-7+. The van der Waals surface area contributed by atoms with Gasteiger partial charge in [0.1, 0.15) is 11.5 Å². The number of carbonyl (C=O) groups excluding carboxylic acids is 1. The zero-order valence-corrected chi connectivity index (χ0v) is 18.0. The summed E-state index contributed by atoms with van der Waals surface area (Å²) < 4.78 is 32.4. The zero-order valence-electron chi connectivity index (χ0n) is 18.0. The number of ether oxygens (including phenoxy) is 6. The number of hydrogen-bond donors (Lipinski definition) is 0. The lowest BCUT2D eigenvalue weighted by Gasteiger charge is -2.15. The molecule has 0 aliphatic rings. The maximum Gasteiger partial charge on any atom is 0.308 e. The smallest absolute Gasteiger partial charge is 0.308 e.